The SMILES string of the molecule is CNC(c1ccc2c(c1)CCO2)c1ccc(Cl)cc1F. The van der Waals surface area contributed by atoms with E-state index < -0.39 is 0 Å². The van der Waals surface area contributed by atoms with Crippen molar-refractivity contribution in [3.8, 4) is 5.75 Å². The maximum Gasteiger partial charge on any atom is 0.129 e. The van der Waals surface area contributed by atoms with Crippen molar-refractivity contribution in [1.29, 1.82) is 0 Å². The highest BCUT2D eigenvalue weighted by Gasteiger charge is 2.19. The highest BCUT2D eigenvalue weighted by atomic mass is 35.5. The van der Waals surface area contributed by atoms with E-state index in [1.165, 1.54) is 11.6 Å². The fourth-order valence-corrected chi connectivity index (χ4v) is 2.78. The number of ether oxygens (including phenoxy) is 1. The molecule has 0 fully saturated rings. The van der Waals surface area contributed by atoms with Gasteiger partial charge in [0.25, 0.3) is 0 Å². The molecule has 1 unspecified atom stereocenters. The van der Waals surface area contributed by atoms with E-state index in [0.717, 1.165) is 24.3 Å². The summed E-state index contributed by atoms with van der Waals surface area (Å²) in [5, 5.41) is 3.57. The zero-order chi connectivity index (χ0) is 14.1. The second-order valence-corrected chi connectivity index (χ2v) is 5.29. The van der Waals surface area contributed by atoms with E-state index >= 15 is 0 Å². The van der Waals surface area contributed by atoms with Gasteiger partial charge in [-0.05, 0) is 36.4 Å². The summed E-state index contributed by atoms with van der Waals surface area (Å²) in [5.74, 6) is 0.633. The molecule has 1 aliphatic heterocycles. The topological polar surface area (TPSA) is 21.3 Å². The monoisotopic (exact) mass is 291 g/mol. The molecule has 4 heteroatoms. The lowest BCUT2D eigenvalue weighted by atomic mass is 9.96. The summed E-state index contributed by atoms with van der Waals surface area (Å²) in [7, 11) is 1.82. The van der Waals surface area contributed by atoms with Crippen molar-refractivity contribution < 1.29 is 9.13 Å². The minimum atomic E-state index is -0.298. The van der Waals surface area contributed by atoms with Crippen LogP contribution in [-0.4, -0.2) is 13.7 Å². The summed E-state index contributed by atoms with van der Waals surface area (Å²) in [6, 6.07) is 10.6. The predicted octanol–water partition coefficient (Wildman–Crippen LogP) is 3.72. The van der Waals surface area contributed by atoms with Crippen LogP contribution < -0.4 is 10.1 Å². The third-order valence-electron chi connectivity index (χ3n) is 3.61. The Kier molecular flexibility index (Phi) is 3.64. The molecule has 2 aromatic rings. The van der Waals surface area contributed by atoms with Crippen molar-refractivity contribution in [1.82, 2.24) is 5.32 Å². The van der Waals surface area contributed by atoms with Gasteiger partial charge >= 0.3 is 0 Å². The van der Waals surface area contributed by atoms with Crippen LogP contribution in [0.4, 0.5) is 4.39 Å². The van der Waals surface area contributed by atoms with Crippen molar-refractivity contribution in [3.63, 3.8) is 0 Å². The highest BCUT2D eigenvalue weighted by Crippen LogP contribution is 2.31. The second kappa shape index (κ2) is 5.43. The van der Waals surface area contributed by atoms with Crippen LogP contribution in [0.5, 0.6) is 5.75 Å². The lowest BCUT2D eigenvalue weighted by molar-refractivity contribution is 0.357. The van der Waals surface area contributed by atoms with Gasteiger partial charge in [-0.25, -0.2) is 4.39 Å². The van der Waals surface area contributed by atoms with Gasteiger partial charge in [0, 0.05) is 17.0 Å². The van der Waals surface area contributed by atoms with Crippen LogP contribution in [-0.2, 0) is 6.42 Å². The largest absolute Gasteiger partial charge is 0.493 e. The molecular weight excluding hydrogens is 277 g/mol. The predicted molar refractivity (Wildman–Crippen MR) is 78.0 cm³/mol. The van der Waals surface area contributed by atoms with Gasteiger partial charge in [0.05, 0.1) is 12.6 Å². The van der Waals surface area contributed by atoms with E-state index in [9.17, 15) is 4.39 Å². The van der Waals surface area contributed by atoms with Crippen LogP contribution in [0.25, 0.3) is 0 Å². The molecule has 0 spiro atoms. The van der Waals surface area contributed by atoms with Crippen LogP contribution in [0, 0.1) is 5.82 Å². The van der Waals surface area contributed by atoms with Crippen molar-refractivity contribution in [2.75, 3.05) is 13.7 Å². The minimum absolute atomic E-state index is 0.196. The Morgan fingerprint density at radius 2 is 2.10 bits per heavy atom. The van der Waals surface area contributed by atoms with E-state index in [1.807, 2.05) is 19.2 Å². The summed E-state index contributed by atoms with van der Waals surface area (Å²) >= 11 is 5.81. The van der Waals surface area contributed by atoms with Gasteiger partial charge in [-0.2, -0.15) is 0 Å². The fourth-order valence-electron chi connectivity index (χ4n) is 2.62. The van der Waals surface area contributed by atoms with Gasteiger partial charge in [0.15, 0.2) is 0 Å². The molecule has 0 aromatic heterocycles. The maximum absolute atomic E-state index is 14.1. The normalized spacial score (nSPS) is 14.8. The number of fused-ring (bicyclic) bond motifs is 1. The maximum atomic E-state index is 14.1. The van der Waals surface area contributed by atoms with E-state index in [0.29, 0.717) is 10.6 Å². The number of hydrogen-bond acceptors (Lipinski definition) is 2. The van der Waals surface area contributed by atoms with Gasteiger partial charge < -0.3 is 10.1 Å². The number of nitrogens with one attached hydrogen (secondary N) is 1. The molecule has 1 aliphatic rings. The summed E-state index contributed by atoms with van der Waals surface area (Å²) in [6.07, 6.45) is 0.905. The minimum Gasteiger partial charge on any atom is -0.493 e. The van der Waals surface area contributed by atoms with Gasteiger partial charge in [-0.1, -0.05) is 29.8 Å². The molecule has 1 N–H and O–H groups in total. The third-order valence-corrected chi connectivity index (χ3v) is 3.84. The second-order valence-electron chi connectivity index (χ2n) is 4.85. The van der Waals surface area contributed by atoms with Crippen molar-refractivity contribution in [2.45, 2.75) is 12.5 Å². The number of benzene rings is 2. The number of hydrogen-bond donors (Lipinski definition) is 1. The quantitative estimate of drug-likeness (QED) is 0.930. The van der Waals surface area contributed by atoms with Crippen LogP contribution >= 0.6 is 11.6 Å². The Labute approximate surface area is 122 Å². The Bertz CT molecular complexity index is 644. The zero-order valence-corrected chi connectivity index (χ0v) is 11.9. The molecule has 0 saturated carbocycles. The average Bonchev–Trinajstić information content (AvgIpc) is 2.89. The van der Waals surface area contributed by atoms with Gasteiger partial charge in [-0.15, -0.1) is 0 Å². The molecule has 0 bridgehead atoms. The Hall–Kier alpha value is -1.58. The van der Waals surface area contributed by atoms with Crippen LogP contribution in [0.2, 0.25) is 5.02 Å². The molecule has 1 atom stereocenters. The lowest BCUT2D eigenvalue weighted by Crippen LogP contribution is -2.19. The average molecular weight is 292 g/mol. The lowest BCUT2D eigenvalue weighted by Gasteiger charge is -2.19. The molecule has 2 nitrogen and oxygen atoms in total. The molecule has 104 valence electrons. The third kappa shape index (κ3) is 2.39. The Balaban J connectivity index is 2.01. The summed E-state index contributed by atoms with van der Waals surface area (Å²) < 4.78 is 19.6. The number of halogens is 2. The van der Waals surface area contributed by atoms with Gasteiger partial charge in [-0.3, -0.25) is 0 Å². The molecule has 0 radical (unpaired) electrons. The molecule has 2 aromatic carbocycles. The summed E-state index contributed by atoms with van der Waals surface area (Å²) in [5.41, 5.74) is 2.80. The first-order valence-electron chi connectivity index (χ1n) is 6.57. The van der Waals surface area contributed by atoms with Crippen LogP contribution in [0.3, 0.4) is 0 Å². The van der Waals surface area contributed by atoms with E-state index in [1.54, 1.807) is 12.1 Å². The van der Waals surface area contributed by atoms with Gasteiger partial charge in [0.2, 0.25) is 0 Å². The Morgan fingerprint density at radius 3 is 2.85 bits per heavy atom. The first kappa shape index (κ1) is 13.4. The van der Waals surface area contributed by atoms with Crippen molar-refractivity contribution in [3.05, 3.63) is 63.9 Å². The molecule has 20 heavy (non-hydrogen) atoms. The molecule has 0 aliphatic carbocycles. The first-order chi connectivity index (χ1) is 9.69. The fraction of sp³-hybridized carbons (Fsp3) is 0.250. The first-order valence-corrected chi connectivity index (χ1v) is 6.94. The summed E-state index contributed by atoms with van der Waals surface area (Å²) in [6.45, 7) is 0.721. The van der Waals surface area contributed by atoms with E-state index in [-0.39, 0.29) is 11.9 Å². The standard InChI is InChI=1S/C16H15ClFNO/c1-19-16(13-4-3-12(17)9-14(13)18)11-2-5-15-10(8-11)6-7-20-15/h2-5,8-9,16,19H,6-7H2,1H3. The van der Waals surface area contributed by atoms with Crippen molar-refractivity contribution in [2.24, 2.45) is 0 Å². The van der Waals surface area contributed by atoms with Crippen molar-refractivity contribution >= 4 is 11.6 Å². The summed E-state index contributed by atoms with van der Waals surface area (Å²) in [4.78, 5) is 0. The molecular formula is C16H15ClFNO. The Morgan fingerprint density at radius 1 is 1.25 bits per heavy atom. The molecule has 1 heterocycles. The smallest absolute Gasteiger partial charge is 0.129 e. The molecule has 0 amide bonds. The van der Waals surface area contributed by atoms with E-state index in [2.05, 4.69) is 11.4 Å². The van der Waals surface area contributed by atoms with Crippen LogP contribution in [0.15, 0.2) is 36.4 Å². The number of rotatable bonds is 3. The van der Waals surface area contributed by atoms with E-state index in [4.69, 9.17) is 16.3 Å². The molecule has 0 saturated heterocycles. The highest BCUT2D eigenvalue weighted by molar-refractivity contribution is 6.30. The van der Waals surface area contributed by atoms with Gasteiger partial charge in [0.1, 0.15) is 11.6 Å². The zero-order valence-electron chi connectivity index (χ0n) is 11.1. The molecule has 3 rings (SSSR count). The van der Waals surface area contributed by atoms with Crippen LogP contribution in [0.1, 0.15) is 22.7 Å².